The van der Waals surface area contributed by atoms with Crippen LogP contribution in [0.15, 0.2) is 79.4 Å². The molecule has 0 aliphatic carbocycles. The lowest BCUT2D eigenvalue weighted by Gasteiger charge is -2.14. The van der Waals surface area contributed by atoms with Gasteiger partial charge in [-0.05, 0) is 48.0 Å². The number of benzene rings is 3. The molecule has 0 aromatic heterocycles. The largest absolute Gasteiger partial charge is 0.508 e. The van der Waals surface area contributed by atoms with E-state index in [1.165, 1.54) is 0 Å². The van der Waals surface area contributed by atoms with Gasteiger partial charge in [-0.1, -0.05) is 36.9 Å². The third-order valence-electron chi connectivity index (χ3n) is 3.47. The van der Waals surface area contributed by atoms with E-state index >= 15 is 0 Å². The van der Waals surface area contributed by atoms with Crippen LogP contribution in [0.2, 0.25) is 0 Å². The minimum Gasteiger partial charge on any atom is -0.508 e. The summed E-state index contributed by atoms with van der Waals surface area (Å²) in [5.41, 5.74) is 2.50. The van der Waals surface area contributed by atoms with Gasteiger partial charge in [0, 0.05) is 11.1 Å². The maximum absolute atomic E-state index is 9.77. The Labute approximate surface area is 134 Å². The molecule has 0 unspecified atom stereocenters. The van der Waals surface area contributed by atoms with E-state index in [0.29, 0.717) is 11.5 Å². The van der Waals surface area contributed by atoms with Gasteiger partial charge < -0.3 is 14.9 Å². The highest BCUT2D eigenvalue weighted by Crippen LogP contribution is 2.35. The monoisotopic (exact) mass is 304 g/mol. The second-order valence-electron chi connectivity index (χ2n) is 5.12. The smallest absolute Gasteiger partial charge is 0.135 e. The summed E-state index contributed by atoms with van der Waals surface area (Å²) < 4.78 is 5.89. The first kappa shape index (κ1) is 14.7. The van der Waals surface area contributed by atoms with Crippen molar-refractivity contribution in [1.82, 2.24) is 0 Å². The van der Waals surface area contributed by atoms with Gasteiger partial charge in [-0.25, -0.2) is 0 Å². The van der Waals surface area contributed by atoms with Gasteiger partial charge in [-0.3, -0.25) is 0 Å². The number of rotatable bonds is 4. The van der Waals surface area contributed by atoms with Crippen LogP contribution in [0.5, 0.6) is 17.2 Å². The molecule has 0 amide bonds. The summed E-state index contributed by atoms with van der Waals surface area (Å²) in [6, 6.07) is 21.3. The number of hydrogen-bond acceptors (Lipinski definition) is 3. The summed E-state index contributed by atoms with van der Waals surface area (Å²) in [5, 5.41) is 19.1. The molecule has 114 valence electrons. The summed E-state index contributed by atoms with van der Waals surface area (Å²) in [4.78, 5) is 0. The van der Waals surface area contributed by atoms with Crippen LogP contribution in [0.3, 0.4) is 0 Å². The molecule has 0 aliphatic rings. The zero-order valence-corrected chi connectivity index (χ0v) is 12.4. The summed E-state index contributed by atoms with van der Waals surface area (Å²) in [5.74, 6) is 1.43. The van der Waals surface area contributed by atoms with Gasteiger partial charge in [0.1, 0.15) is 23.0 Å². The predicted octanol–water partition coefficient (Wildman–Crippen LogP) is 4.81. The molecule has 3 rings (SSSR count). The Morgan fingerprint density at radius 1 is 0.783 bits per heavy atom. The third kappa shape index (κ3) is 3.35. The second-order valence-corrected chi connectivity index (χ2v) is 5.12. The van der Waals surface area contributed by atoms with Gasteiger partial charge in [0.25, 0.3) is 0 Å². The molecule has 0 fully saturated rings. The Balaban J connectivity index is 1.94. The van der Waals surface area contributed by atoms with Crippen LogP contribution in [-0.4, -0.2) is 10.2 Å². The van der Waals surface area contributed by atoms with E-state index in [9.17, 15) is 10.2 Å². The maximum atomic E-state index is 9.77. The molecule has 0 saturated carbocycles. The van der Waals surface area contributed by atoms with E-state index in [1.807, 2.05) is 30.3 Å². The van der Waals surface area contributed by atoms with Crippen LogP contribution in [0, 0.1) is 0 Å². The molecule has 3 heteroatoms. The van der Waals surface area contributed by atoms with Gasteiger partial charge in [0.2, 0.25) is 0 Å². The van der Waals surface area contributed by atoms with Crippen LogP contribution >= 0.6 is 0 Å². The lowest BCUT2D eigenvalue weighted by Crippen LogP contribution is -1.95. The van der Waals surface area contributed by atoms with Gasteiger partial charge >= 0.3 is 0 Å². The Bertz CT molecular complexity index is 821. The molecule has 0 spiro atoms. The first-order valence-corrected chi connectivity index (χ1v) is 7.18. The molecule has 0 radical (unpaired) electrons. The van der Waals surface area contributed by atoms with Crippen LogP contribution in [0.1, 0.15) is 5.56 Å². The van der Waals surface area contributed by atoms with Crippen molar-refractivity contribution in [1.29, 1.82) is 0 Å². The minimum atomic E-state index is 0.173. The summed E-state index contributed by atoms with van der Waals surface area (Å²) in [7, 11) is 0. The minimum absolute atomic E-state index is 0.173. The molecule has 0 bridgehead atoms. The van der Waals surface area contributed by atoms with E-state index < -0.39 is 0 Å². The SMILES string of the molecule is C=C(Oc1ccc(O)cc1-c1ccccc1)c1ccc(O)cc1. The summed E-state index contributed by atoms with van der Waals surface area (Å²) in [6.45, 7) is 3.94. The highest BCUT2D eigenvalue weighted by atomic mass is 16.5. The topological polar surface area (TPSA) is 49.7 Å². The fourth-order valence-corrected chi connectivity index (χ4v) is 2.29. The van der Waals surface area contributed by atoms with Crippen LogP contribution in [0.4, 0.5) is 0 Å². The van der Waals surface area contributed by atoms with Crippen molar-refractivity contribution in [3.8, 4) is 28.4 Å². The van der Waals surface area contributed by atoms with Gasteiger partial charge in [0.15, 0.2) is 0 Å². The van der Waals surface area contributed by atoms with Gasteiger partial charge in [-0.15, -0.1) is 0 Å². The van der Waals surface area contributed by atoms with Gasteiger partial charge in [-0.2, -0.15) is 0 Å². The van der Waals surface area contributed by atoms with E-state index in [4.69, 9.17) is 4.74 Å². The predicted molar refractivity (Wildman–Crippen MR) is 91.3 cm³/mol. The van der Waals surface area contributed by atoms with Crippen LogP contribution in [0.25, 0.3) is 16.9 Å². The van der Waals surface area contributed by atoms with Crippen LogP contribution in [-0.2, 0) is 0 Å². The Morgan fingerprint density at radius 3 is 2.13 bits per heavy atom. The first-order chi connectivity index (χ1) is 11.1. The molecule has 0 atom stereocenters. The van der Waals surface area contributed by atoms with Crippen LogP contribution < -0.4 is 4.74 Å². The normalized spacial score (nSPS) is 10.3. The van der Waals surface area contributed by atoms with Crippen molar-refractivity contribution in [3.05, 3.63) is 84.9 Å². The first-order valence-electron chi connectivity index (χ1n) is 7.18. The second kappa shape index (κ2) is 6.28. The maximum Gasteiger partial charge on any atom is 0.135 e. The number of phenols is 2. The van der Waals surface area contributed by atoms with Crippen molar-refractivity contribution in [3.63, 3.8) is 0 Å². The molecule has 3 aromatic rings. The number of ether oxygens (including phenoxy) is 1. The molecule has 23 heavy (non-hydrogen) atoms. The third-order valence-corrected chi connectivity index (χ3v) is 3.47. The van der Waals surface area contributed by atoms with Crippen molar-refractivity contribution in [2.45, 2.75) is 0 Å². The van der Waals surface area contributed by atoms with Gasteiger partial charge in [0.05, 0.1) is 0 Å². The molecular formula is C20H16O3. The zero-order valence-electron chi connectivity index (χ0n) is 12.4. The average molecular weight is 304 g/mol. The Hall–Kier alpha value is -3.20. The summed E-state index contributed by atoms with van der Waals surface area (Å²) in [6.07, 6.45) is 0. The fraction of sp³-hybridized carbons (Fsp3) is 0. The van der Waals surface area contributed by atoms with E-state index in [0.717, 1.165) is 16.7 Å². The molecule has 0 aliphatic heterocycles. The van der Waals surface area contributed by atoms with Crippen molar-refractivity contribution in [2.75, 3.05) is 0 Å². The van der Waals surface area contributed by atoms with Crippen molar-refractivity contribution in [2.24, 2.45) is 0 Å². The Kier molecular flexibility index (Phi) is 4.02. The molecule has 3 nitrogen and oxygen atoms in total. The highest BCUT2D eigenvalue weighted by molar-refractivity contribution is 5.74. The highest BCUT2D eigenvalue weighted by Gasteiger charge is 2.10. The number of aromatic hydroxyl groups is 2. The van der Waals surface area contributed by atoms with Crippen molar-refractivity contribution < 1.29 is 14.9 Å². The molecular weight excluding hydrogens is 288 g/mol. The number of phenolic OH excluding ortho intramolecular Hbond substituents is 2. The lowest BCUT2D eigenvalue weighted by molar-refractivity contribution is 0.471. The Morgan fingerprint density at radius 2 is 1.43 bits per heavy atom. The molecule has 2 N–H and O–H groups in total. The molecule has 3 aromatic carbocycles. The van der Waals surface area contributed by atoms with E-state index in [-0.39, 0.29) is 11.5 Å². The van der Waals surface area contributed by atoms with E-state index in [2.05, 4.69) is 6.58 Å². The molecule has 0 saturated heterocycles. The van der Waals surface area contributed by atoms with Crippen molar-refractivity contribution >= 4 is 5.76 Å². The number of hydrogen-bond donors (Lipinski definition) is 2. The molecule has 0 heterocycles. The zero-order chi connectivity index (χ0) is 16.2. The lowest BCUT2D eigenvalue weighted by atomic mass is 10.0. The summed E-state index contributed by atoms with van der Waals surface area (Å²) >= 11 is 0. The average Bonchev–Trinajstić information content (AvgIpc) is 2.58. The van der Waals surface area contributed by atoms with E-state index in [1.54, 1.807) is 42.5 Å². The fourth-order valence-electron chi connectivity index (χ4n) is 2.29. The standard InChI is InChI=1S/C20H16O3/c1-14(15-7-9-17(21)10-8-15)23-20-12-11-18(22)13-19(20)16-5-3-2-4-6-16/h2-13,21-22H,1H2. The quantitative estimate of drug-likeness (QED) is 0.680.